The van der Waals surface area contributed by atoms with Gasteiger partial charge in [-0.05, 0) is 19.8 Å². The first-order valence-electron chi connectivity index (χ1n) is 4.77. The number of hydrogen-bond acceptors (Lipinski definition) is 1. The van der Waals surface area contributed by atoms with E-state index in [1.807, 2.05) is 6.20 Å². The Morgan fingerprint density at radius 1 is 1.42 bits per heavy atom. The van der Waals surface area contributed by atoms with E-state index in [0.717, 1.165) is 5.92 Å². The third kappa shape index (κ3) is 1.15. The van der Waals surface area contributed by atoms with Gasteiger partial charge in [0.1, 0.15) is 5.82 Å². The van der Waals surface area contributed by atoms with Crippen molar-refractivity contribution in [2.45, 2.75) is 38.5 Å². The fraction of sp³-hybridized carbons (Fsp3) is 0.700. The Morgan fingerprint density at radius 2 is 2.08 bits per heavy atom. The van der Waals surface area contributed by atoms with Crippen molar-refractivity contribution >= 4 is 0 Å². The Morgan fingerprint density at radius 3 is 2.58 bits per heavy atom. The summed E-state index contributed by atoms with van der Waals surface area (Å²) < 4.78 is 2.23. The molecule has 0 amide bonds. The van der Waals surface area contributed by atoms with Crippen LogP contribution in [-0.2, 0) is 7.05 Å². The largest absolute Gasteiger partial charge is 0.335 e. The smallest absolute Gasteiger partial charge is 0.111 e. The van der Waals surface area contributed by atoms with Crippen molar-refractivity contribution in [1.82, 2.24) is 9.55 Å². The van der Waals surface area contributed by atoms with Gasteiger partial charge in [-0.15, -0.1) is 0 Å². The molecule has 0 unspecified atom stereocenters. The summed E-state index contributed by atoms with van der Waals surface area (Å²) in [4.78, 5) is 4.46. The second-order valence-electron chi connectivity index (χ2n) is 3.80. The van der Waals surface area contributed by atoms with Gasteiger partial charge in [0.25, 0.3) is 0 Å². The standard InChI is InChI=1S/C10H16N2/c1-8-7-11-10(12(8)2)9-5-3-4-6-9/h7,9H,3-6H2,1-2H3. The van der Waals surface area contributed by atoms with Crippen molar-refractivity contribution in [2.75, 3.05) is 0 Å². The SMILES string of the molecule is Cc1cnc(C2CCCC2)n1C. The maximum atomic E-state index is 4.46. The van der Waals surface area contributed by atoms with E-state index in [9.17, 15) is 0 Å². The normalized spacial score (nSPS) is 18.8. The lowest BCUT2D eigenvalue weighted by Crippen LogP contribution is -2.03. The Hall–Kier alpha value is -0.790. The molecule has 2 nitrogen and oxygen atoms in total. The van der Waals surface area contributed by atoms with Crippen LogP contribution in [0.3, 0.4) is 0 Å². The maximum Gasteiger partial charge on any atom is 0.111 e. The fourth-order valence-electron chi connectivity index (χ4n) is 2.08. The second-order valence-corrected chi connectivity index (χ2v) is 3.80. The van der Waals surface area contributed by atoms with Crippen molar-refractivity contribution < 1.29 is 0 Å². The quantitative estimate of drug-likeness (QED) is 0.623. The fourth-order valence-corrected chi connectivity index (χ4v) is 2.08. The van der Waals surface area contributed by atoms with Gasteiger partial charge >= 0.3 is 0 Å². The van der Waals surface area contributed by atoms with Crippen LogP contribution in [0, 0.1) is 6.92 Å². The number of rotatable bonds is 1. The van der Waals surface area contributed by atoms with Crippen LogP contribution in [0.4, 0.5) is 0 Å². The number of aromatic nitrogens is 2. The average Bonchev–Trinajstić information content (AvgIpc) is 2.64. The highest BCUT2D eigenvalue weighted by atomic mass is 15.1. The molecule has 1 aromatic rings. The van der Waals surface area contributed by atoms with Gasteiger partial charge in [0, 0.05) is 24.9 Å². The molecule has 0 saturated heterocycles. The molecule has 2 rings (SSSR count). The van der Waals surface area contributed by atoms with E-state index in [-0.39, 0.29) is 0 Å². The lowest BCUT2D eigenvalue weighted by Gasteiger charge is -2.09. The van der Waals surface area contributed by atoms with Gasteiger partial charge in [-0.2, -0.15) is 0 Å². The van der Waals surface area contributed by atoms with Crippen molar-refractivity contribution in [1.29, 1.82) is 0 Å². The molecular formula is C10H16N2. The zero-order chi connectivity index (χ0) is 8.55. The number of nitrogens with zero attached hydrogens (tertiary/aromatic N) is 2. The third-order valence-corrected chi connectivity index (χ3v) is 2.98. The highest BCUT2D eigenvalue weighted by Gasteiger charge is 2.20. The summed E-state index contributed by atoms with van der Waals surface area (Å²) >= 11 is 0. The minimum Gasteiger partial charge on any atom is -0.335 e. The van der Waals surface area contributed by atoms with E-state index in [0.29, 0.717) is 0 Å². The highest BCUT2D eigenvalue weighted by Crippen LogP contribution is 2.33. The number of aryl methyl sites for hydroxylation is 1. The first-order chi connectivity index (χ1) is 5.79. The van der Waals surface area contributed by atoms with E-state index in [4.69, 9.17) is 0 Å². The molecule has 66 valence electrons. The summed E-state index contributed by atoms with van der Waals surface area (Å²) in [6.07, 6.45) is 7.43. The van der Waals surface area contributed by atoms with Crippen LogP contribution in [0.1, 0.15) is 43.1 Å². The van der Waals surface area contributed by atoms with E-state index in [1.165, 1.54) is 37.2 Å². The third-order valence-electron chi connectivity index (χ3n) is 2.98. The maximum absolute atomic E-state index is 4.46. The monoisotopic (exact) mass is 164 g/mol. The predicted octanol–water partition coefficient (Wildman–Crippen LogP) is 2.39. The van der Waals surface area contributed by atoms with Crippen molar-refractivity contribution in [2.24, 2.45) is 7.05 Å². The van der Waals surface area contributed by atoms with Crippen molar-refractivity contribution in [3.8, 4) is 0 Å². The topological polar surface area (TPSA) is 17.8 Å². The lowest BCUT2D eigenvalue weighted by molar-refractivity contribution is 0.627. The minimum absolute atomic E-state index is 0.740. The molecule has 1 fully saturated rings. The molecule has 0 atom stereocenters. The van der Waals surface area contributed by atoms with Gasteiger partial charge in [0.2, 0.25) is 0 Å². The zero-order valence-electron chi connectivity index (χ0n) is 7.88. The van der Waals surface area contributed by atoms with E-state index in [1.54, 1.807) is 0 Å². The Labute approximate surface area is 73.6 Å². The van der Waals surface area contributed by atoms with Crippen LogP contribution >= 0.6 is 0 Å². The summed E-state index contributed by atoms with van der Waals surface area (Å²) in [5.74, 6) is 2.04. The Balaban J connectivity index is 2.26. The summed E-state index contributed by atoms with van der Waals surface area (Å²) in [6, 6.07) is 0. The summed E-state index contributed by atoms with van der Waals surface area (Å²) in [7, 11) is 2.12. The van der Waals surface area contributed by atoms with Crippen LogP contribution in [0.25, 0.3) is 0 Å². The molecule has 0 bridgehead atoms. The van der Waals surface area contributed by atoms with Crippen molar-refractivity contribution in [3.05, 3.63) is 17.7 Å². The van der Waals surface area contributed by atoms with Gasteiger partial charge in [-0.25, -0.2) is 4.98 Å². The molecular weight excluding hydrogens is 148 g/mol. The molecule has 0 aromatic carbocycles. The highest BCUT2D eigenvalue weighted by molar-refractivity contribution is 5.08. The van der Waals surface area contributed by atoms with Crippen LogP contribution in [0.2, 0.25) is 0 Å². The zero-order valence-corrected chi connectivity index (χ0v) is 7.88. The van der Waals surface area contributed by atoms with Gasteiger partial charge in [-0.1, -0.05) is 12.8 Å². The van der Waals surface area contributed by atoms with E-state index in [2.05, 4.69) is 23.5 Å². The van der Waals surface area contributed by atoms with Crippen LogP contribution < -0.4 is 0 Å². The molecule has 12 heavy (non-hydrogen) atoms. The second kappa shape index (κ2) is 2.92. The molecule has 0 radical (unpaired) electrons. The first-order valence-corrected chi connectivity index (χ1v) is 4.77. The van der Waals surface area contributed by atoms with Crippen LogP contribution in [0.5, 0.6) is 0 Å². The molecule has 1 aliphatic carbocycles. The molecule has 0 spiro atoms. The van der Waals surface area contributed by atoms with Gasteiger partial charge in [0.15, 0.2) is 0 Å². The average molecular weight is 164 g/mol. The Bertz CT molecular complexity index is 269. The summed E-state index contributed by atoms with van der Waals surface area (Å²) in [6.45, 7) is 2.12. The lowest BCUT2D eigenvalue weighted by atomic mass is 10.1. The molecule has 1 aromatic heterocycles. The number of hydrogen-bond donors (Lipinski definition) is 0. The van der Waals surface area contributed by atoms with Gasteiger partial charge in [-0.3, -0.25) is 0 Å². The van der Waals surface area contributed by atoms with E-state index < -0.39 is 0 Å². The summed E-state index contributed by atoms with van der Waals surface area (Å²) in [5, 5.41) is 0. The van der Waals surface area contributed by atoms with Gasteiger partial charge < -0.3 is 4.57 Å². The predicted molar refractivity (Wildman–Crippen MR) is 49.2 cm³/mol. The van der Waals surface area contributed by atoms with Gasteiger partial charge in [0.05, 0.1) is 0 Å². The molecule has 0 aliphatic heterocycles. The van der Waals surface area contributed by atoms with Crippen molar-refractivity contribution in [3.63, 3.8) is 0 Å². The van der Waals surface area contributed by atoms with Crippen LogP contribution in [0.15, 0.2) is 6.20 Å². The Kier molecular flexibility index (Phi) is 1.91. The van der Waals surface area contributed by atoms with Crippen LogP contribution in [-0.4, -0.2) is 9.55 Å². The first kappa shape index (κ1) is 7.84. The minimum atomic E-state index is 0.740. The summed E-state index contributed by atoms with van der Waals surface area (Å²) in [5.41, 5.74) is 1.27. The molecule has 1 saturated carbocycles. The molecule has 1 aliphatic rings. The molecule has 0 N–H and O–H groups in total. The molecule has 2 heteroatoms. The van der Waals surface area contributed by atoms with E-state index >= 15 is 0 Å². The molecule has 1 heterocycles. The number of imidazole rings is 1.